The van der Waals surface area contributed by atoms with Crippen molar-refractivity contribution >= 4 is 28.9 Å². The number of halogens is 2. The number of rotatable bonds is 4. The summed E-state index contributed by atoms with van der Waals surface area (Å²) in [6.45, 7) is 10.0. The van der Waals surface area contributed by atoms with Crippen LogP contribution >= 0.6 is 23.2 Å². The van der Waals surface area contributed by atoms with Gasteiger partial charge in [-0.05, 0) is 39.3 Å². The van der Waals surface area contributed by atoms with E-state index in [4.69, 9.17) is 23.2 Å². The van der Waals surface area contributed by atoms with Gasteiger partial charge < -0.3 is 10.6 Å². The zero-order valence-electron chi connectivity index (χ0n) is 10.7. The Labute approximate surface area is 113 Å². The van der Waals surface area contributed by atoms with E-state index in [9.17, 15) is 0 Å². The van der Waals surface area contributed by atoms with Crippen LogP contribution in [-0.2, 0) is 0 Å². The van der Waals surface area contributed by atoms with Gasteiger partial charge in [0.25, 0.3) is 0 Å². The predicted octanol–water partition coefficient (Wildman–Crippen LogP) is 3.50. The molecule has 0 aromatic carbocycles. The van der Waals surface area contributed by atoms with E-state index in [2.05, 4.69) is 36.4 Å². The average molecular weight is 276 g/mol. The second kappa shape index (κ2) is 5.89. The molecule has 17 heavy (non-hydrogen) atoms. The van der Waals surface area contributed by atoms with Crippen molar-refractivity contribution in [2.24, 2.45) is 0 Å². The van der Waals surface area contributed by atoms with Crippen LogP contribution in [0.1, 0.15) is 26.3 Å². The third-order valence-corrected chi connectivity index (χ3v) is 2.69. The number of anilines is 1. The SMILES string of the molecule is Cc1cc(Cl)nc(Cl)c1NCCNC(C)(C)C. The lowest BCUT2D eigenvalue weighted by Gasteiger charge is -2.21. The maximum atomic E-state index is 6.03. The van der Waals surface area contributed by atoms with E-state index >= 15 is 0 Å². The van der Waals surface area contributed by atoms with Crippen LogP contribution in [0.25, 0.3) is 0 Å². The zero-order valence-corrected chi connectivity index (χ0v) is 12.2. The first-order valence-corrected chi connectivity index (χ1v) is 6.37. The zero-order chi connectivity index (χ0) is 13.1. The van der Waals surface area contributed by atoms with Crippen molar-refractivity contribution in [1.29, 1.82) is 0 Å². The van der Waals surface area contributed by atoms with Gasteiger partial charge >= 0.3 is 0 Å². The second-order valence-corrected chi connectivity index (χ2v) is 5.78. The standard InChI is InChI=1S/C12H19Cl2N3/c1-8-7-9(13)17-11(14)10(8)15-5-6-16-12(2,3)4/h7,15-16H,5-6H2,1-4H3. The second-order valence-electron chi connectivity index (χ2n) is 5.03. The molecular weight excluding hydrogens is 257 g/mol. The van der Waals surface area contributed by atoms with E-state index < -0.39 is 0 Å². The summed E-state index contributed by atoms with van der Waals surface area (Å²) in [6.07, 6.45) is 0. The molecular formula is C12H19Cl2N3. The molecule has 1 aromatic rings. The van der Waals surface area contributed by atoms with Crippen molar-refractivity contribution in [2.75, 3.05) is 18.4 Å². The smallest absolute Gasteiger partial charge is 0.154 e. The summed E-state index contributed by atoms with van der Waals surface area (Å²) >= 11 is 11.8. The molecule has 0 unspecified atom stereocenters. The van der Waals surface area contributed by atoms with Crippen molar-refractivity contribution in [1.82, 2.24) is 10.3 Å². The normalized spacial score (nSPS) is 11.6. The maximum Gasteiger partial charge on any atom is 0.154 e. The van der Waals surface area contributed by atoms with Gasteiger partial charge in [0.05, 0.1) is 5.69 Å². The van der Waals surface area contributed by atoms with Crippen molar-refractivity contribution in [2.45, 2.75) is 33.2 Å². The van der Waals surface area contributed by atoms with Gasteiger partial charge in [-0.15, -0.1) is 0 Å². The van der Waals surface area contributed by atoms with Crippen LogP contribution in [0.15, 0.2) is 6.07 Å². The first-order valence-electron chi connectivity index (χ1n) is 5.61. The number of hydrogen-bond acceptors (Lipinski definition) is 3. The minimum absolute atomic E-state index is 0.124. The molecule has 1 aromatic heterocycles. The quantitative estimate of drug-likeness (QED) is 0.653. The molecule has 0 aliphatic carbocycles. The highest BCUT2D eigenvalue weighted by Gasteiger charge is 2.09. The Morgan fingerprint density at radius 1 is 1.24 bits per heavy atom. The van der Waals surface area contributed by atoms with E-state index in [1.54, 1.807) is 6.07 Å². The molecule has 3 nitrogen and oxygen atoms in total. The molecule has 0 bridgehead atoms. The Hall–Kier alpha value is -0.510. The molecule has 0 saturated heterocycles. The highest BCUT2D eigenvalue weighted by atomic mass is 35.5. The summed E-state index contributed by atoms with van der Waals surface area (Å²) in [5, 5.41) is 7.50. The van der Waals surface area contributed by atoms with Gasteiger partial charge in [0.2, 0.25) is 0 Å². The summed E-state index contributed by atoms with van der Waals surface area (Å²) in [6, 6.07) is 1.80. The molecule has 2 N–H and O–H groups in total. The highest BCUT2D eigenvalue weighted by molar-refractivity contribution is 6.34. The fourth-order valence-electron chi connectivity index (χ4n) is 1.43. The molecule has 0 spiro atoms. The van der Waals surface area contributed by atoms with Crippen LogP contribution < -0.4 is 10.6 Å². The number of nitrogens with zero attached hydrogens (tertiary/aromatic N) is 1. The lowest BCUT2D eigenvalue weighted by Crippen LogP contribution is -2.38. The molecule has 1 rings (SSSR count). The van der Waals surface area contributed by atoms with Crippen molar-refractivity contribution in [3.05, 3.63) is 21.9 Å². The number of nitrogens with one attached hydrogen (secondary N) is 2. The minimum Gasteiger partial charge on any atom is -0.381 e. The average Bonchev–Trinajstić information content (AvgIpc) is 2.13. The molecule has 0 atom stereocenters. The fourth-order valence-corrected chi connectivity index (χ4v) is 2.03. The number of pyridine rings is 1. The number of hydrogen-bond donors (Lipinski definition) is 2. The molecule has 0 aliphatic rings. The van der Waals surface area contributed by atoms with E-state index in [1.807, 2.05) is 6.92 Å². The van der Waals surface area contributed by atoms with E-state index in [0.717, 1.165) is 24.3 Å². The van der Waals surface area contributed by atoms with Gasteiger partial charge in [0.1, 0.15) is 5.15 Å². The van der Waals surface area contributed by atoms with Crippen LogP contribution in [0, 0.1) is 6.92 Å². The summed E-state index contributed by atoms with van der Waals surface area (Å²) in [4.78, 5) is 4.01. The molecule has 0 fully saturated rings. The summed E-state index contributed by atoms with van der Waals surface area (Å²) in [5.74, 6) is 0. The molecule has 5 heteroatoms. The fraction of sp³-hybridized carbons (Fsp3) is 0.583. The van der Waals surface area contributed by atoms with Crippen LogP contribution in [0.2, 0.25) is 10.3 Å². The Morgan fingerprint density at radius 2 is 1.88 bits per heavy atom. The number of aromatic nitrogens is 1. The number of aryl methyl sites for hydroxylation is 1. The molecule has 0 saturated carbocycles. The largest absolute Gasteiger partial charge is 0.381 e. The van der Waals surface area contributed by atoms with Gasteiger partial charge in [0, 0.05) is 18.6 Å². The summed E-state index contributed by atoms with van der Waals surface area (Å²) in [7, 11) is 0. The van der Waals surface area contributed by atoms with Crippen LogP contribution in [-0.4, -0.2) is 23.6 Å². The highest BCUT2D eigenvalue weighted by Crippen LogP contribution is 2.25. The first kappa shape index (κ1) is 14.6. The van der Waals surface area contributed by atoms with Gasteiger partial charge in [-0.2, -0.15) is 0 Å². The van der Waals surface area contributed by atoms with Gasteiger partial charge in [-0.3, -0.25) is 0 Å². The first-order chi connectivity index (χ1) is 7.79. The predicted molar refractivity (Wildman–Crippen MR) is 75.2 cm³/mol. The van der Waals surface area contributed by atoms with Crippen molar-refractivity contribution in [3.63, 3.8) is 0 Å². The van der Waals surface area contributed by atoms with Crippen LogP contribution in [0.4, 0.5) is 5.69 Å². The lowest BCUT2D eigenvalue weighted by atomic mass is 10.1. The van der Waals surface area contributed by atoms with E-state index in [0.29, 0.717) is 10.3 Å². The topological polar surface area (TPSA) is 37.0 Å². The minimum atomic E-state index is 0.124. The van der Waals surface area contributed by atoms with Gasteiger partial charge in [-0.1, -0.05) is 23.2 Å². The monoisotopic (exact) mass is 275 g/mol. The molecule has 1 heterocycles. The third-order valence-electron chi connectivity index (χ3n) is 2.22. The van der Waals surface area contributed by atoms with Gasteiger partial charge in [0.15, 0.2) is 5.15 Å². The molecule has 0 radical (unpaired) electrons. The van der Waals surface area contributed by atoms with E-state index in [1.165, 1.54) is 0 Å². The lowest BCUT2D eigenvalue weighted by molar-refractivity contribution is 0.435. The molecule has 96 valence electrons. The van der Waals surface area contributed by atoms with Gasteiger partial charge in [-0.25, -0.2) is 4.98 Å². The van der Waals surface area contributed by atoms with E-state index in [-0.39, 0.29) is 5.54 Å². The third kappa shape index (κ3) is 5.11. The van der Waals surface area contributed by atoms with Crippen LogP contribution in [0.3, 0.4) is 0 Å². The van der Waals surface area contributed by atoms with Crippen molar-refractivity contribution < 1.29 is 0 Å². The van der Waals surface area contributed by atoms with Crippen molar-refractivity contribution in [3.8, 4) is 0 Å². The Morgan fingerprint density at radius 3 is 2.41 bits per heavy atom. The van der Waals surface area contributed by atoms with Crippen LogP contribution in [0.5, 0.6) is 0 Å². The molecule has 0 aliphatic heterocycles. The Bertz CT molecular complexity index is 363. The Balaban J connectivity index is 2.53. The summed E-state index contributed by atoms with van der Waals surface area (Å²) < 4.78 is 0. The molecule has 0 amide bonds. The Kier molecular flexibility index (Phi) is 5.04. The maximum absolute atomic E-state index is 6.03. The summed E-state index contributed by atoms with van der Waals surface area (Å²) in [5.41, 5.74) is 1.98.